The third-order valence-electron chi connectivity index (χ3n) is 5.18. The number of phenolic OH excluding ortho intramolecular Hbond substituents is 1. The number of nitrogens with one attached hydrogen (secondary N) is 1. The van der Waals surface area contributed by atoms with Gasteiger partial charge in [-0.15, -0.1) is 0 Å². The lowest BCUT2D eigenvalue weighted by Gasteiger charge is -2.22. The lowest BCUT2D eigenvalue weighted by Crippen LogP contribution is -2.18. The van der Waals surface area contributed by atoms with Gasteiger partial charge in [-0.3, -0.25) is 9.67 Å². The number of hydrogen-bond donors (Lipinski definition) is 3. The molecule has 7 heteroatoms. The minimum atomic E-state index is -0.0262. The van der Waals surface area contributed by atoms with E-state index in [9.17, 15) is 5.11 Å². The Morgan fingerprint density at radius 3 is 2.79 bits per heavy atom. The van der Waals surface area contributed by atoms with Gasteiger partial charge in [-0.1, -0.05) is 24.3 Å². The second-order valence-electron chi connectivity index (χ2n) is 7.15. The molecule has 4 rings (SSSR count). The Morgan fingerprint density at radius 1 is 1.24 bits per heavy atom. The van der Waals surface area contributed by atoms with Crippen molar-refractivity contribution in [3.63, 3.8) is 0 Å². The van der Waals surface area contributed by atoms with Crippen molar-refractivity contribution >= 4 is 17.1 Å². The van der Waals surface area contributed by atoms with E-state index in [1.54, 1.807) is 10.7 Å². The summed E-state index contributed by atoms with van der Waals surface area (Å²) in [6, 6.07) is 13.5. The fourth-order valence-corrected chi connectivity index (χ4v) is 3.67. The molecule has 0 amide bonds. The molecule has 4 N–H and O–H groups in total. The Balaban J connectivity index is 1.82. The van der Waals surface area contributed by atoms with Crippen LogP contribution < -0.4 is 11.2 Å². The Morgan fingerprint density at radius 2 is 2.07 bits per heavy atom. The first kappa shape index (κ1) is 18.7. The van der Waals surface area contributed by atoms with Crippen molar-refractivity contribution < 1.29 is 5.11 Å². The molecule has 1 aliphatic heterocycles. The van der Waals surface area contributed by atoms with E-state index in [1.807, 2.05) is 44.6 Å². The quantitative estimate of drug-likeness (QED) is 0.276. The Bertz CT molecular complexity index is 1100. The van der Waals surface area contributed by atoms with Crippen molar-refractivity contribution in [3.8, 4) is 16.9 Å². The van der Waals surface area contributed by atoms with E-state index in [4.69, 9.17) is 10.8 Å². The Kier molecular flexibility index (Phi) is 5.03. The average Bonchev–Trinajstić information content (AvgIpc) is 3.09. The van der Waals surface area contributed by atoms with Gasteiger partial charge >= 0.3 is 0 Å². The zero-order valence-corrected chi connectivity index (χ0v) is 16.5. The maximum Gasteiger partial charge on any atom is 0.138 e. The number of hydrogen-bond acceptors (Lipinski definition) is 6. The highest BCUT2D eigenvalue weighted by Gasteiger charge is 2.24. The van der Waals surface area contributed by atoms with Gasteiger partial charge in [0, 0.05) is 30.9 Å². The number of para-hydroxylation sites is 2. The van der Waals surface area contributed by atoms with Gasteiger partial charge in [0.15, 0.2) is 0 Å². The Hall–Kier alpha value is -3.61. The molecule has 29 heavy (non-hydrogen) atoms. The molecule has 1 atom stereocenters. The van der Waals surface area contributed by atoms with Gasteiger partial charge in [0.2, 0.25) is 0 Å². The zero-order chi connectivity index (χ0) is 20.4. The summed E-state index contributed by atoms with van der Waals surface area (Å²) in [4.78, 5) is 4.74. The van der Waals surface area contributed by atoms with Crippen LogP contribution in [-0.2, 0) is 7.05 Å². The predicted molar refractivity (Wildman–Crippen MR) is 116 cm³/mol. The van der Waals surface area contributed by atoms with Crippen LogP contribution >= 0.6 is 0 Å². The van der Waals surface area contributed by atoms with Crippen LogP contribution in [0.4, 0.5) is 5.69 Å². The predicted octanol–water partition coefficient (Wildman–Crippen LogP) is 3.47. The van der Waals surface area contributed by atoms with Crippen LogP contribution in [0, 0.1) is 0 Å². The van der Waals surface area contributed by atoms with Crippen LogP contribution in [0.15, 0.2) is 65.0 Å². The average molecular weight is 388 g/mol. The van der Waals surface area contributed by atoms with Crippen LogP contribution in [0.2, 0.25) is 0 Å². The first-order valence-electron chi connectivity index (χ1n) is 9.54. The number of hydrazone groups is 1. The summed E-state index contributed by atoms with van der Waals surface area (Å²) in [5.41, 5.74) is 6.41. The molecule has 2 aromatic carbocycles. The summed E-state index contributed by atoms with van der Waals surface area (Å²) in [7, 11) is 1.90. The first-order valence-corrected chi connectivity index (χ1v) is 9.54. The number of rotatable bonds is 4. The van der Waals surface area contributed by atoms with E-state index in [2.05, 4.69) is 33.7 Å². The van der Waals surface area contributed by atoms with Gasteiger partial charge in [0.25, 0.3) is 0 Å². The van der Waals surface area contributed by atoms with E-state index >= 15 is 0 Å². The summed E-state index contributed by atoms with van der Waals surface area (Å²) < 4.78 is 1.79. The van der Waals surface area contributed by atoms with Crippen LogP contribution in [0.3, 0.4) is 0 Å². The van der Waals surface area contributed by atoms with E-state index in [-0.39, 0.29) is 11.8 Å². The maximum atomic E-state index is 10.2. The van der Waals surface area contributed by atoms with Crippen LogP contribution in [-0.4, -0.2) is 32.9 Å². The summed E-state index contributed by atoms with van der Waals surface area (Å²) in [6.45, 7) is 2.50. The van der Waals surface area contributed by atoms with Crippen LogP contribution in [0.25, 0.3) is 11.1 Å². The van der Waals surface area contributed by atoms with Crippen molar-refractivity contribution in [1.29, 1.82) is 0 Å². The smallest absolute Gasteiger partial charge is 0.138 e. The minimum absolute atomic E-state index is 0.0262. The second-order valence-corrected chi connectivity index (χ2v) is 7.15. The van der Waals surface area contributed by atoms with E-state index in [1.165, 1.54) is 0 Å². The maximum absolute atomic E-state index is 10.2. The molecule has 1 unspecified atom stereocenters. The molecule has 1 aliphatic rings. The highest BCUT2D eigenvalue weighted by atomic mass is 16.3. The SMILES string of the molecule is CC(=NN)C1=NCCC(Nc2ccccc2O)c2cc(-c3cnn(C)c3)ccc21. The standard InChI is InChI=1S/C22H24N6O/c1-14(27-23)22-17-8-7-15(16-12-25-28(2)13-16)11-18(17)19(9-10-24-22)26-20-5-3-4-6-21(20)29/h3-8,11-13,19,26,29H,9-10,23H2,1-2H3. The normalized spacial score (nSPS) is 16.7. The molecule has 7 nitrogen and oxygen atoms in total. The number of anilines is 1. The molecule has 3 aromatic rings. The van der Waals surface area contributed by atoms with Gasteiger partial charge in [-0.25, -0.2) is 0 Å². The number of nitrogens with two attached hydrogens (primary N) is 1. The highest BCUT2D eigenvalue weighted by molar-refractivity contribution is 6.48. The van der Waals surface area contributed by atoms with Gasteiger partial charge in [0.1, 0.15) is 5.75 Å². The summed E-state index contributed by atoms with van der Waals surface area (Å²) >= 11 is 0. The molecule has 0 saturated carbocycles. The van der Waals surface area contributed by atoms with Crippen molar-refractivity contribution in [2.75, 3.05) is 11.9 Å². The van der Waals surface area contributed by atoms with Gasteiger partial charge < -0.3 is 16.3 Å². The largest absolute Gasteiger partial charge is 0.506 e. The summed E-state index contributed by atoms with van der Waals surface area (Å²) in [5, 5.41) is 21.9. The van der Waals surface area contributed by atoms with Crippen LogP contribution in [0.1, 0.15) is 30.5 Å². The molecule has 0 fully saturated rings. The number of nitrogens with zero attached hydrogens (tertiary/aromatic N) is 4. The number of aryl methyl sites for hydroxylation is 1. The fourth-order valence-electron chi connectivity index (χ4n) is 3.67. The number of aromatic nitrogens is 2. The molecule has 0 spiro atoms. The molecule has 0 radical (unpaired) electrons. The van der Waals surface area contributed by atoms with E-state index in [0.29, 0.717) is 17.9 Å². The molecular formula is C22H24N6O. The number of benzene rings is 2. The minimum Gasteiger partial charge on any atom is -0.506 e. The van der Waals surface area contributed by atoms with Crippen molar-refractivity contribution in [2.24, 2.45) is 23.0 Å². The summed E-state index contributed by atoms with van der Waals surface area (Å²) in [5.74, 6) is 5.78. The molecular weight excluding hydrogens is 364 g/mol. The molecule has 148 valence electrons. The van der Waals surface area contributed by atoms with Crippen LogP contribution in [0.5, 0.6) is 5.75 Å². The molecule has 0 saturated heterocycles. The number of aromatic hydroxyl groups is 1. The molecule has 1 aromatic heterocycles. The van der Waals surface area contributed by atoms with Gasteiger partial charge in [-0.2, -0.15) is 10.2 Å². The molecule has 0 bridgehead atoms. The second kappa shape index (κ2) is 7.79. The van der Waals surface area contributed by atoms with Crippen molar-refractivity contribution in [3.05, 3.63) is 66.0 Å². The lowest BCUT2D eigenvalue weighted by atomic mass is 9.91. The van der Waals surface area contributed by atoms with Crippen molar-refractivity contribution in [1.82, 2.24) is 9.78 Å². The lowest BCUT2D eigenvalue weighted by molar-refractivity contribution is 0.476. The topological polar surface area (TPSA) is 101 Å². The van der Waals surface area contributed by atoms with Gasteiger partial charge in [0.05, 0.1) is 29.3 Å². The zero-order valence-electron chi connectivity index (χ0n) is 16.5. The molecule has 0 aliphatic carbocycles. The van der Waals surface area contributed by atoms with Crippen molar-refractivity contribution in [2.45, 2.75) is 19.4 Å². The first-order chi connectivity index (χ1) is 14.1. The third kappa shape index (κ3) is 3.71. The monoisotopic (exact) mass is 388 g/mol. The number of aliphatic imine (C=N–C) groups is 1. The summed E-state index contributed by atoms with van der Waals surface area (Å²) in [6.07, 6.45) is 4.62. The third-order valence-corrected chi connectivity index (χ3v) is 5.18. The van der Waals surface area contributed by atoms with E-state index < -0.39 is 0 Å². The van der Waals surface area contributed by atoms with Gasteiger partial charge in [-0.05, 0) is 42.7 Å². The molecule has 2 heterocycles. The highest BCUT2D eigenvalue weighted by Crippen LogP contribution is 2.34. The number of fused-ring (bicyclic) bond motifs is 1. The fraction of sp³-hybridized carbons (Fsp3) is 0.227. The number of phenols is 1. The van der Waals surface area contributed by atoms with E-state index in [0.717, 1.165) is 34.4 Å². The Labute approximate surface area is 169 Å².